The summed E-state index contributed by atoms with van der Waals surface area (Å²) < 4.78 is 6.08. The molecule has 1 aliphatic rings. The average molecular weight is 375 g/mol. The molecule has 0 saturated heterocycles. The van der Waals surface area contributed by atoms with Gasteiger partial charge in [0, 0.05) is 6.54 Å². The summed E-state index contributed by atoms with van der Waals surface area (Å²) in [5.41, 5.74) is 4.87. The van der Waals surface area contributed by atoms with Gasteiger partial charge in [0.15, 0.2) is 5.43 Å². The van der Waals surface area contributed by atoms with Crippen LogP contribution in [0, 0.1) is 20.8 Å². The first-order chi connectivity index (χ1) is 13.4. The van der Waals surface area contributed by atoms with Crippen LogP contribution in [-0.4, -0.2) is 17.4 Å². The molecule has 1 atom stereocenters. The second-order valence-corrected chi connectivity index (χ2v) is 7.80. The van der Waals surface area contributed by atoms with Gasteiger partial charge in [0.2, 0.25) is 5.76 Å². The summed E-state index contributed by atoms with van der Waals surface area (Å²) in [6.07, 6.45) is 1.86. The van der Waals surface area contributed by atoms with Gasteiger partial charge in [-0.2, -0.15) is 0 Å². The quantitative estimate of drug-likeness (QED) is 0.640. The Labute approximate surface area is 164 Å². The molecular formula is C24H25NO3. The van der Waals surface area contributed by atoms with Crippen molar-refractivity contribution in [3.8, 4) is 0 Å². The highest BCUT2D eigenvalue weighted by atomic mass is 16.3. The van der Waals surface area contributed by atoms with Crippen LogP contribution >= 0.6 is 0 Å². The molecule has 0 fully saturated rings. The van der Waals surface area contributed by atoms with Crippen molar-refractivity contribution >= 4 is 16.9 Å². The van der Waals surface area contributed by atoms with Crippen LogP contribution in [0.1, 0.15) is 64.2 Å². The molecule has 0 aliphatic carbocycles. The highest BCUT2D eigenvalue weighted by Gasteiger charge is 2.42. The van der Waals surface area contributed by atoms with Gasteiger partial charge in [0.25, 0.3) is 5.91 Å². The van der Waals surface area contributed by atoms with Gasteiger partial charge in [-0.05, 0) is 49.9 Å². The van der Waals surface area contributed by atoms with E-state index in [2.05, 4.69) is 6.92 Å². The van der Waals surface area contributed by atoms with Crippen LogP contribution in [0.4, 0.5) is 0 Å². The number of carbonyl (C=O) groups excluding carboxylic acids is 1. The number of aryl methyl sites for hydroxylation is 3. The minimum absolute atomic E-state index is 0.0963. The Bertz CT molecular complexity index is 1130. The van der Waals surface area contributed by atoms with Crippen molar-refractivity contribution in [1.29, 1.82) is 0 Å². The molecule has 4 nitrogen and oxygen atoms in total. The second kappa shape index (κ2) is 6.93. The molecule has 0 N–H and O–H groups in total. The summed E-state index contributed by atoms with van der Waals surface area (Å²) in [7, 11) is 0. The zero-order valence-electron chi connectivity index (χ0n) is 16.8. The van der Waals surface area contributed by atoms with E-state index in [0.717, 1.165) is 35.1 Å². The highest BCUT2D eigenvalue weighted by Crippen LogP contribution is 2.38. The molecule has 1 aromatic heterocycles. The molecule has 2 aromatic carbocycles. The zero-order chi connectivity index (χ0) is 20.0. The van der Waals surface area contributed by atoms with E-state index in [1.807, 2.05) is 57.2 Å². The van der Waals surface area contributed by atoms with Crippen molar-refractivity contribution in [2.45, 2.75) is 46.6 Å². The molecule has 4 rings (SSSR count). The molecule has 0 saturated carbocycles. The molecular weight excluding hydrogens is 350 g/mol. The average Bonchev–Trinajstić information content (AvgIpc) is 2.94. The first-order valence-electron chi connectivity index (χ1n) is 9.88. The number of fused-ring (bicyclic) bond motifs is 2. The minimum Gasteiger partial charge on any atom is -0.450 e. The van der Waals surface area contributed by atoms with Crippen LogP contribution in [-0.2, 0) is 0 Å². The lowest BCUT2D eigenvalue weighted by Gasteiger charge is -2.25. The third-order valence-corrected chi connectivity index (χ3v) is 5.54. The lowest BCUT2D eigenvalue weighted by atomic mass is 9.96. The van der Waals surface area contributed by atoms with E-state index in [9.17, 15) is 9.59 Å². The third kappa shape index (κ3) is 2.84. The second-order valence-electron chi connectivity index (χ2n) is 7.80. The lowest BCUT2D eigenvalue weighted by Crippen LogP contribution is -2.30. The monoisotopic (exact) mass is 375 g/mol. The number of rotatable bonds is 4. The number of nitrogens with zero attached hydrogens (tertiary/aromatic N) is 1. The standard InChI is InChI=1S/C24H25NO3/c1-5-6-11-25-20(17-9-7-14(2)8-10-17)19-21(26)18-13-15(3)12-16(4)22(18)28-23(19)24(25)27/h7-10,12-13,20H,5-6,11H2,1-4H3. The summed E-state index contributed by atoms with van der Waals surface area (Å²) >= 11 is 0. The van der Waals surface area contributed by atoms with E-state index in [-0.39, 0.29) is 17.1 Å². The smallest absolute Gasteiger partial charge is 0.290 e. The van der Waals surface area contributed by atoms with Crippen LogP contribution in [0.2, 0.25) is 0 Å². The van der Waals surface area contributed by atoms with Crippen LogP contribution in [0.15, 0.2) is 45.6 Å². The third-order valence-electron chi connectivity index (χ3n) is 5.54. The maximum Gasteiger partial charge on any atom is 0.290 e. The fourth-order valence-corrected chi connectivity index (χ4v) is 4.13. The molecule has 1 amide bonds. The number of carbonyl (C=O) groups is 1. The van der Waals surface area contributed by atoms with Crippen LogP contribution < -0.4 is 5.43 Å². The summed E-state index contributed by atoms with van der Waals surface area (Å²) in [6.45, 7) is 8.61. The number of amides is 1. The predicted octanol–water partition coefficient (Wildman–Crippen LogP) is 5.06. The molecule has 144 valence electrons. The SMILES string of the molecule is CCCCN1C(=O)c2oc3c(C)cc(C)cc3c(=O)c2C1c1ccc(C)cc1. The summed E-state index contributed by atoms with van der Waals surface area (Å²) in [4.78, 5) is 28.5. The van der Waals surface area contributed by atoms with Gasteiger partial charge in [0.1, 0.15) is 5.58 Å². The molecule has 2 heterocycles. The van der Waals surface area contributed by atoms with Gasteiger partial charge in [0.05, 0.1) is 17.0 Å². The molecule has 0 spiro atoms. The topological polar surface area (TPSA) is 50.5 Å². The Morgan fingerprint density at radius 3 is 2.39 bits per heavy atom. The van der Waals surface area contributed by atoms with Gasteiger partial charge in [-0.15, -0.1) is 0 Å². The van der Waals surface area contributed by atoms with E-state index < -0.39 is 6.04 Å². The maximum absolute atomic E-state index is 13.5. The molecule has 3 aromatic rings. The van der Waals surface area contributed by atoms with E-state index in [4.69, 9.17) is 4.42 Å². The van der Waals surface area contributed by atoms with Gasteiger partial charge in [-0.25, -0.2) is 0 Å². The molecule has 0 radical (unpaired) electrons. The Kier molecular flexibility index (Phi) is 4.58. The van der Waals surface area contributed by atoms with E-state index in [1.54, 1.807) is 4.90 Å². The van der Waals surface area contributed by atoms with Crippen LogP contribution in [0.3, 0.4) is 0 Å². The molecule has 28 heavy (non-hydrogen) atoms. The van der Waals surface area contributed by atoms with Gasteiger partial charge >= 0.3 is 0 Å². The maximum atomic E-state index is 13.5. The number of unbranched alkanes of at least 4 members (excludes halogenated alkanes) is 1. The summed E-state index contributed by atoms with van der Waals surface area (Å²) in [5.74, 6) is 0.0131. The van der Waals surface area contributed by atoms with Crippen molar-refractivity contribution in [2.24, 2.45) is 0 Å². The fraction of sp³-hybridized carbons (Fsp3) is 0.333. The first kappa shape index (κ1) is 18.5. The normalized spacial score (nSPS) is 16.1. The number of hydrogen-bond acceptors (Lipinski definition) is 3. The molecule has 4 heteroatoms. The van der Waals surface area contributed by atoms with Crippen molar-refractivity contribution < 1.29 is 9.21 Å². The van der Waals surface area contributed by atoms with Gasteiger partial charge in [-0.1, -0.05) is 49.2 Å². The van der Waals surface area contributed by atoms with Crippen molar-refractivity contribution in [3.05, 3.63) is 80.2 Å². The van der Waals surface area contributed by atoms with Crippen molar-refractivity contribution in [1.82, 2.24) is 4.90 Å². The molecule has 0 bridgehead atoms. The van der Waals surface area contributed by atoms with Gasteiger partial charge < -0.3 is 9.32 Å². The zero-order valence-corrected chi connectivity index (χ0v) is 16.8. The van der Waals surface area contributed by atoms with E-state index in [0.29, 0.717) is 23.1 Å². The van der Waals surface area contributed by atoms with E-state index >= 15 is 0 Å². The van der Waals surface area contributed by atoms with Gasteiger partial charge in [-0.3, -0.25) is 9.59 Å². The Balaban J connectivity index is 2.00. The Morgan fingerprint density at radius 1 is 1.00 bits per heavy atom. The minimum atomic E-state index is -0.392. The Morgan fingerprint density at radius 2 is 1.71 bits per heavy atom. The predicted molar refractivity (Wildman–Crippen MR) is 111 cm³/mol. The van der Waals surface area contributed by atoms with E-state index in [1.165, 1.54) is 0 Å². The highest BCUT2D eigenvalue weighted by molar-refractivity contribution is 5.99. The van der Waals surface area contributed by atoms with Crippen LogP contribution in [0.25, 0.3) is 11.0 Å². The molecule has 1 unspecified atom stereocenters. The summed E-state index contributed by atoms with van der Waals surface area (Å²) in [6, 6.07) is 11.5. The molecule has 1 aliphatic heterocycles. The van der Waals surface area contributed by atoms with Crippen molar-refractivity contribution in [2.75, 3.05) is 6.54 Å². The summed E-state index contributed by atoms with van der Waals surface area (Å²) in [5, 5.41) is 0.554. The van der Waals surface area contributed by atoms with Crippen molar-refractivity contribution in [3.63, 3.8) is 0 Å². The Hall–Kier alpha value is -2.88. The van der Waals surface area contributed by atoms with Crippen LogP contribution in [0.5, 0.6) is 0 Å². The lowest BCUT2D eigenvalue weighted by molar-refractivity contribution is 0.0725. The first-order valence-corrected chi connectivity index (χ1v) is 9.88. The number of hydrogen-bond donors (Lipinski definition) is 0. The number of benzene rings is 2. The largest absolute Gasteiger partial charge is 0.450 e. The fourth-order valence-electron chi connectivity index (χ4n) is 4.13.